The molecule has 0 amide bonds. The van der Waals surface area contributed by atoms with Gasteiger partial charge in [-0.3, -0.25) is 0 Å². The molecule has 0 saturated heterocycles. The van der Waals surface area contributed by atoms with E-state index < -0.39 is 16.0 Å². The van der Waals surface area contributed by atoms with Crippen LogP contribution in [-0.2, 0) is 23.1 Å². The first-order valence-electron chi connectivity index (χ1n) is 6.80. The fraction of sp³-hybridized carbons (Fsp3) is 0.188. The maximum Gasteiger partial charge on any atom is 0.335 e. The highest BCUT2D eigenvalue weighted by molar-refractivity contribution is 7.89. The first-order valence-corrected chi connectivity index (χ1v) is 8.24. The molecule has 1 aliphatic heterocycles. The summed E-state index contributed by atoms with van der Waals surface area (Å²) in [5.74, 6) is -1.01. The zero-order chi connectivity index (χ0) is 15.9. The maximum atomic E-state index is 12.6. The van der Waals surface area contributed by atoms with Gasteiger partial charge in [0, 0.05) is 13.1 Å². The minimum absolute atomic E-state index is 0.174. The van der Waals surface area contributed by atoms with Gasteiger partial charge in [-0.05, 0) is 42.3 Å². The van der Waals surface area contributed by atoms with Crippen molar-refractivity contribution in [2.75, 3.05) is 0 Å². The summed E-state index contributed by atoms with van der Waals surface area (Å²) in [6.45, 7) is 2.37. The van der Waals surface area contributed by atoms with E-state index in [9.17, 15) is 13.2 Å². The molecule has 3 rings (SSSR count). The van der Waals surface area contributed by atoms with Gasteiger partial charge < -0.3 is 5.11 Å². The molecule has 0 spiro atoms. The lowest BCUT2D eigenvalue weighted by molar-refractivity contribution is 0.0696. The molecule has 1 N–H and O–H groups in total. The van der Waals surface area contributed by atoms with Crippen LogP contribution in [0.1, 0.15) is 27.0 Å². The molecule has 114 valence electrons. The summed E-state index contributed by atoms with van der Waals surface area (Å²) >= 11 is 0. The molecule has 0 aliphatic carbocycles. The quantitative estimate of drug-likeness (QED) is 0.943. The number of hydrogen-bond acceptors (Lipinski definition) is 3. The van der Waals surface area contributed by atoms with E-state index in [0.29, 0.717) is 0 Å². The first kappa shape index (κ1) is 14.7. The number of carboxylic acid groups (broad SMARTS) is 1. The van der Waals surface area contributed by atoms with Crippen molar-refractivity contribution >= 4 is 16.0 Å². The number of carbonyl (C=O) groups is 1. The standard InChI is InChI=1S/C16H15NO4S/c1-11-2-6-15(7-3-11)22(20,21)17-9-13-5-4-12(16(18)19)8-14(13)10-17/h2-8H,9-10H2,1H3,(H,18,19). The summed E-state index contributed by atoms with van der Waals surface area (Å²) in [4.78, 5) is 11.3. The Labute approximate surface area is 128 Å². The van der Waals surface area contributed by atoms with Gasteiger partial charge in [-0.25, -0.2) is 13.2 Å². The smallest absolute Gasteiger partial charge is 0.335 e. The molecule has 2 aromatic carbocycles. The number of carboxylic acids is 1. The van der Waals surface area contributed by atoms with E-state index >= 15 is 0 Å². The van der Waals surface area contributed by atoms with E-state index in [2.05, 4.69) is 0 Å². The topological polar surface area (TPSA) is 74.7 Å². The third-order valence-electron chi connectivity index (χ3n) is 3.81. The predicted octanol–water partition coefficient (Wildman–Crippen LogP) is 2.40. The first-order chi connectivity index (χ1) is 10.4. The summed E-state index contributed by atoms with van der Waals surface area (Å²) in [5, 5.41) is 9.01. The van der Waals surface area contributed by atoms with E-state index in [-0.39, 0.29) is 23.5 Å². The normalized spacial score (nSPS) is 14.8. The molecule has 0 atom stereocenters. The van der Waals surface area contributed by atoms with Crippen molar-refractivity contribution < 1.29 is 18.3 Å². The van der Waals surface area contributed by atoms with Crippen molar-refractivity contribution in [3.8, 4) is 0 Å². The zero-order valence-electron chi connectivity index (χ0n) is 12.0. The molecule has 0 unspecified atom stereocenters. The van der Waals surface area contributed by atoms with Gasteiger partial charge in [0.25, 0.3) is 0 Å². The molecular formula is C16H15NO4S. The predicted molar refractivity (Wildman–Crippen MR) is 81.0 cm³/mol. The van der Waals surface area contributed by atoms with Gasteiger partial charge in [-0.1, -0.05) is 23.8 Å². The number of aryl methyl sites for hydroxylation is 1. The molecule has 2 aromatic rings. The van der Waals surface area contributed by atoms with E-state index in [1.165, 1.54) is 10.4 Å². The Kier molecular flexibility index (Phi) is 3.50. The number of benzene rings is 2. The average molecular weight is 317 g/mol. The van der Waals surface area contributed by atoms with Crippen LogP contribution >= 0.6 is 0 Å². The summed E-state index contributed by atoms with van der Waals surface area (Å²) in [7, 11) is -3.57. The Balaban J connectivity index is 1.92. The Morgan fingerprint density at radius 2 is 1.68 bits per heavy atom. The second-order valence-corrected chi connectivity index (χ2v) is 7.31. The van der Waals surface area contributed by atoms with Gasteiger partial charge in [-0.15, -0.1) is 0 Å². The molecule has 0 saturated carbocycles. The average Bonchev–Trinajstić information content (AvgIpc) is 2.91. The minimum atomic E-state index is -3.57. The van der Waals surface area contributed by atoms with E-state index in [1.54, 1.807) is 36.4 Å². The van der Waals surface area contributed by atoms with Crippen LogP contribution in [0.4, 0.5) is 0 Å². The van der Waals surface area contributed by atoms with Crippen molar-refractivity contribution in [2.45, 2.75) is 24.9 Å². The highest BCUT2D eigenvalue weighted by Crippen LogP contribution is 2.29. The number of nitrogens with zero attached hydrogens (tertiary/aromatic N) is 1. The van der Waals surface area contributed by atoms with Crippen LogP contribution in [0.5, 0.6) is 0 Å². The number of sulfonamides is 1. The van der Waals surface area contributed by atoms with Crippen LogP contribution < -0.4 is 0 Å². The van der Waals surface area contributed by atoms with Gasteiger partial charge >= 0.3 is 5.97 Å². The van der Waals surface area contributed by atoms with E-state index in [4.69, 9.17) is 5.11 Å². The van der Waals surface area contributed by atoms with Crippen LogP contribution in [0.2, 0.25) is 0 Å². The van der Waals surface area contributed by atoms with Gasteiger partial charge in [0.1, 0.15) is 0 Å². The lowest BCUT2D eigenvalue weighted by Crippen LogP contribution is -2.25. The summed E-state index contributed by atoms with van der Waals surface area (Å²) in [6, 6.07) is 11.4. The number of rotatable bonds is 3. The highest BCUT2D eigenvalue weighted by atomic mass is 32.2. The Morgan fingerprint density at radius 3 is 2.32 bits per heavy atom. The molecule has 0 aromatic heterocycles. The van der Waals surface area contributed by atoms with E-state index in [0.717, 1.165) is 16.7 Å². The van der Waals surface area contributed by atoms with Crippen molar-refractivity contribution in [1.82, 2.24) is 4.31 Å². The fourth-order valence-corrected chi connectivity index (χ4v) is 3.92. The molecule has 6 heteroatoms. The summed E-state index contributed by atoms with van der Waals surface area (Å²) in [6.07, 6.45) is 0. The SMILES string of the molecule is Cc1ccc(S(=O)(=O)N2Cc3ccc(C(=O)O)cc3C2)cc1. The molecular weight excluding hydrogens is 302 g/mol. The number of hydrogen-bond donors (Lipinski definition) is 1. The second-order valence-electron chi connectivity index (χ2n) is 5.37. The lowest BCUT2D eigenvalue weighted by Gasteiger charge is -2.15. The minimum Gasteiger partial charge on any atom is -0.478 e. The Morgan fingerprint density at radius 1 is 1.05 bits per heavy atom. The fourth-order valence-electron chi connectivity index (χ4n) is 2.53. The Bertz CT molecular complexity index is 841. The molecule has 1 aliphatic rings. The second kappa shape index (κ2) is 5.23. The van der Waals surface area contributed by atoms with Gasteiger partial charge in [0.05, 0.1) is 10.5 Å². The van der Waals surface area contributed by atoms with Crippen LogP contribution in [0, 0.1) is 6.92 Å². The molecule has 0 bridgehead atoms. The van der Waals surface area contributed by atoms with Crippen molar-refractivity contribution in [3.05, 3.63) is 64.7 Å². The monoisotopic (exact) mass is 317 g/mol. The Hall–Kier alpha value is -2.18. The zero-order valence-corrected chi connectivity index (χ0v) is 12.8. The lowest BCUT2D eigenvalue weighted by atomic mass is 10.1. The van der Waals surface area contributed by atoms with Gasteiger partial charge in [0.15, 0.2) is 0 Å². The number of fused-ring (bicyclic) bond motifs is 1. The third kappa shape index (κ3) is 2.51. The van der Waals surface area contributed by atoms with Crippen LogP contribution in [0.15, 0.2) is 47.4 Å². The van der Waals surface area contributed by atoms with E-state index in [1.807, 2.05) is 6.92 Å². The third-order valence-corrected chi connectivity index (χ3v) is 5.61. The molecule has 22 heavy (non-hydrogen) atoms. The molecule has 5 nitrogen and oxygen atoms in total. The highest BCUT2D eigenvalue weighted by Gasteiger charge is 2.30. The molecule has 0 fully saturated rings. The van der Waals surface area contributed by atoms with Crippen molar-refractivity contribution in [2.24, 2.45) is 0 Å². The van der Waals surface area contributed by atoms with Crippen molar-refractivity contribution in [3.63, 3.8) is 0 Å². The molecule has 0 radical (unpaired) electrons. The van der Waals surface area contributed by atoms with Gasteiger partial charge in [0.2, 0.25) is 10.0 Å². The maximum absolute atomic E-state index is 12.6. The van der Waals surface area contributed by atoms with Crippen LogP contribution in [-0.4, -0.2) is 23.8 Å². The summed E-state index contributed by atoms with van der Waals surface area (Å²) < 4.78 is 26.7. The molecule has 1 heterocycles. The van der Waals surface area contributed by atoms with Crippen LogP contribution in [0.3, 0.4) is 0 Å². The largest absolute Gasteiger partial charge is 0.478 e. The number of aromatic carboxylic acids is 1. The summed E-state index contributed by atoms with van der Waals surface area (Å²) in [5.41, 5.74) is 2.76. The van der Waals surface area contributed by atoms with Crippen LogP contribution in [0.25, 0.3) is 0 Å². The van der Waals surface area contributed by atoms with Crippen molar-refractivity contribution in [1.29, 1.82) is 0 Å². The van der Waals surface area contributed by atoms with Gasteiger partial charge in [-0.2, -0.15) is 4.31 Å².